The molecule has 0 amide bonds. The van der Waals surface area contributed by atoms with Crippen LogP contribution in [0.5, 0.6) is 0 Å². The Hall–Kier alpha value is -7.63. The summed E-state index contributed by atoms with van der Waals surface area (Å²) in [6.45, 7) is 22.1. The smallest absolute Gasteiger partial charge is 0.135 e. The molecule has 0 aliphatic rings. The minimum atomic E-state index is 0.357. The Morgan fingerprint density at radius 3 is 2.17 bits per heavy atom. The van der Waals surface area contributed by atoms with Gasteiger partial charge in [0.1, 0.15) is 11.3 Å². The molecule has 318 valence electrons. The highest BCUT2D eigenvalue weighted by atomic mass is 16.3. The molecule has 0 bridgehead atoms. The fraction of sp³-hybridized carbons (Fsp3) is 0.121. The van der Waals surface area contributed by atoms with Crippen LogP contribution in [-0.4, -0.2) is 10.3 Å². The minimum absolute atomic E-state index is 0.357. The number of nitrogens with one attached hydrogen (secondary N) is 1. The van der Waals surface area contributed by atoms with Gasteiger partial charge in [0.2, 0.25) is 0 Å². The van der Waals surface area contributed by atoms with Crippen LogP contribution in [0, 0.1) is 19.3 Å². The largest absolute Gasteiger partial charge is 0.456 e. The molecule has 7 aromatic rings. The number of para-hydroxylation sites is 2. The van der Waals surface area contributed by atoms with Crippen LogP contribution < -0.4 is 10.6 Å². The minimum Gasteiger partial charge on any atom is -0.456 e. The van der Waals surface area contributed by atoms with Gasteiger partial charge in [0.05, 0.1) is 11.2 Å². The average molecular weight is 829 g/mol. The molecular weight excluding hydrogens is 769 g/mol. The van der Waals surface area contributed by atoms with Crippen molar-refractivity contribution >= 4 is 62.9 Å². The Morgan fingerprint density at radius 2 is 1.48 bits per heavy atom. The van der Waals surface area contributed by atoms with Crippen molar-refractivity contribution in [1.82, 2.24) is 4.57 Å². The molecule has 0 aliphatic heterocycles. The summed E-state index contributed by atoms with van der Waals surface area (Å²) in [6.07, 6.45) is 23.8. The third kappa shape index (κ3) is 11.2. The highest BCUT2D eigenvalue weighted by Crippen LogP contribution is 2.36. The molecule has 5 aromatic carbocycles. The van der Waals surface area contributed by atoms with Crippen LogP contribution in [0.1, 0.15) is 73.9 Å². The van der Waals surface area contributed by atoms with Crippen LogP contribution >= 0.6 is 0 Å². The molecule has 63 heavy (non-hydrogen) atoms. The van der Waals surface area contributed by atoms with E-state index < -0.39 is 0 Å². The number of anilines is 2. The van der Waals surface area contributed by atoms with E-state index in [9.17, 15) is 0 Å². The number of nitrogens with zero attached hydrogens (tertiary/aromatic N) is 2. The predicted molar refractivity (Wildman–Crippen MR) is 276 cm³/mol. The van der Waals surface area contributed by atoms with E-state index in [-0.39, 0.29) is 0 Å². The second-order valence-electron chi connectivity index (χ2n) is 14.5. The third-order valence-electron chi connectivity index (χ3n) is 10.1. The molecule has 0 aliphatic carbocycles. The number of hydrogen-bond acceptors (Lipinski definition) is 4. The van der Waals surface area contributed by atoms with E-state index in [0.717, 1.165) is 61.9 Å². The molecule has 0 radical (unpaired) electrons. The highest BCUT2D eigenvalue weighted by Gasteiger charge is 2.18. The van der Waals surface area contributed by atoms with Gasteiger partial charge in [-0.1, -0.05) is 136 Å². The zero-order valence-corrected chi connectivity index (χ0v) is 37.8. The molecule has 0 unspecified atom stereocenters. The fourth-order valence-electron chi connectivity index (χ4n) is 7.34. The molecule has 5 nitrogen and oxygen atoms in total. The standard InChI is InChI=1S/C34H34N2.C22H20N2O.C2H6/c1-6-9-10-19-30-24-28-18-12-14-21-34(28)36(30)32-23-26(4)22-31(25-32)35(29(15-7-2)16-8-3)33-20-13-11-17-27(33)5;1-3-8-17-18-13-16(11-12-22(18)25-21(17)4-2)20(24)14-19(23)15-9-6-5-7-10-15;1-2/h6-25H,2H2,1,3-5H3;3-14,24H,2,23H2,1H3;1-2H3/b9-6-,16-8-,19-10-,29-15+;8-3-,19-14-,24-20?;. The molecular formula is C58H60N4O. The fourth-order valence-corrected chi connectivity index (χ4v) is 7.34. The van der Waals surface area contributed by atoms with Crippen molar-refractivity contribution in [3.05, 3.63) is 234 Å². The predicted octanol–water partition coefficient (Wildman–Crippen LogP) is 16.1. The molecule has 0 spiro atoms. The van der Waals surface area contributed by atoms with Crippen LogP contribution in [-0.2, 0) is 0 Å². The molecule has 5 heteroatoms. The summed E-state index contributed by atoms with van der Waals surface area (Å²) >= 11 is 0. The summed E-state index contributed by atoms with van der Waals surface area (Å²) < 4.78 is 8.15. The molecule has 0 saturated carbocycles. The van der Waals surface area contributed by atoms with Crippen molar-refractivity contribution in [2.45, 2.75) is 48.5 Å². The summed E-state index contributed by atoms with van der Waals surface area (Å²) in [7, 11) is 0. The van der Waals surface area contributed by atoms with Crippen LogP contribution in [0.15, 0.2) is 199 Å². The zero-order valence-electron chi connectivity index (χ0n) is 37.8. The average Bonchev–Trinajstić information content (AvgIpc) is 3.85. The first-order valence-electron chi connectivity index (χ1n) is 21.5. The van der Waals surface area contributed by atoms with Crippen LogP contribution in [0.4, 0.5) is 11.4 Å². The number of benzene rings is 5. The second-order valence-corrected chi connectivity index (χ2v) is 14.5. The summed E-state index contributed by atoms with van der Waals surface area (Å²) in [4.78, 5) is 2.31. The zero-order chi connectivity index (χ0) is 45.3. The van der Waals surface area contributed by atoms with E-state index in [1.165, 1.54) is 22.0 Å². The summed E-state index contributed by atoms with van der Waals surface area (Å²) in [5, 5.41) is 10.6. The second kappa shape index (κ2) is 22.8. The maximum absolute atomic E-state index is 8.38. The van der Waals surface area contributed by atoms with Gasteiger partial charge >= 0.3 is 0 Å². The van der Waals surface area contributed by atoms with Crippen LogP contribution in [0.25, 0.3) is 51.5 Å². The van der Waals surface area contributed by atoms with E-state index in [1.807, 2.05) is 107 Å². The lowest BCUT2D eigenvalue weighted by Gasteiger charge is -2.29. The number of aryl methyl sites for hydroxylation is 2. The molecule has 0 atom stereocenters. The van der Waals surface area contributed by atoms with E-state index in [0.29, 0.717) is 11.4 Å². The van der Waals surface area contributed by atoms with Gasteiger partial charge in [0.25, 0.3) is 0 Å². The Balaban J connectivity index is 0.000000242. The maximum Gasteiger partial charge on any atom is 0.135 e. The quantitative estimate of drug-likeness (QED) is 0.0898. The molecule has 2 aromatic heterocycles. The number of fused-ring (bicyclic) bond motifs is 2. The first-order valence-corrected chi connectivity index (χ1v) is 21.5. The lowest BCUT2D eigenvalue weighted by molar-refractivity contribution is 0.603. The molecule has 7 rings (SSSR count). The molecule has 0 saturated heterocycles. The molecule has 2 heterocycles. The number of rotatable bonds is 13. The number of nitrogens with two attached hydrogens (primary N) is 1. The number of hydrogen-bond donors (Lipinski definition) is 2. The van der Waals surface area contributed by atoms with Gasteiger partial charge in [-0.2, -0.15) is 0 Å². The van der Waals surface area contributed by atoms with Crippen molar-refractivity contribution in [1.29, 1.82) is 5.41 Å². The molecule has 3 N–H and O–H groups in total. The summed E-state index contributed by atoms with van der Waals surface area (Å²) in [5.41, 5.74) is 19.7. The first kappa shape index (κ1) is 46.4. The topological polar surface area (TPSA) is 71.2 Å². The number of allylic oxidation sites excluding steroid dienone is 9. The van der Waals surface area contributed by atoms with Gasteiger partial charge in [0, 0.05) is 56.0 Å². The number of furan rings is 1. The van der Waals surface area contributed by atoms with Gasteiger partial charge in [-0.15, -0.1) is 0 Å². The number of aromatic nitrogens is 1. The van der Waals surface area contributed by atoms with Gasteiger partial charge in [-0.05, 0) is 136 Å². The first-order chi connectivity index (χ1) is 30.7. The summed E-state index contributed by atoms with van der Waals surface area (Å²) in [6, 6.07) is 41.5. The maximum atomic E-state index is 8.38. The van der Waals surface area contributed by atoms with Crippen molar-refractivity contribution in [2.24, 2.45) is 5.73 Å². The van der Waals surface area contributed by atoms with Gasteiger partial charge in [-0.3, -0.25) is 0 Å². The monoisotopic (exact) mass is 828 g/mol. The van der Waals surface area contributed by atoms with Crippen molar-refractivity contribution < 1.29 is 4.42 Å². The van der Waals surface area contributed by atoms with Crippen molar-refractivity contribution in [2.75, 3.05) is 4.90 Å². The normalized spacial score (nSPS) is 11.9. The summed E-state index contributed by atoms with van der Waals surface area (Å²) in [5.74, 6) is 0.733. The molecule has 0 fully saturated rings. The van der Waals surface area contributed by atoms with Gasteiger partial charge in [0.15, 0.2) is 0 Å². The Bertz CT molecular complexity index is 2870. The SMILES string of the molecule is C=C/C=C(\C=C/C)N(c1cc(C)cc(-n2c(/C=C\C=C/C)cc3ccccc32)c1)c1ccccc1C.C=Cc1oc2ccc(C(=N)/C=C(\N)c3ccccc3)cc2c1/C=C\C.CC. The van der Waals surface area contributed by atoms with Crippen molar-refractivity contribution in [3.63, 3.8) is 0 Å². The highest BCUT2D eigenvalue weighted by molar-refractivity contribution is 6.12. The van der Waals surface area contributed by atoms with Gasteiger partial charge < -0.3 is 25.0 Å². The van der Waals surface area contributed by atoms with Crippen LogP contribution in [0.3, 0.4) is 0 Å². The van der Waals surface area contributed by atoms with E-state index >= 15 is 0 Å². The Kier molecular flexibility index (Phi) is 16.8. The Labute approximate surface area is 374 Å². The van der Waals surface area contributed by atoms with Crippen molar-refractivity contribution in [3.8, 4) is 5.69 Å². The lowest BCUT2D eigenvalue weighted by atomic mass is 10.0. The van der Waals surface area contributed by atoms with Crippen LogP contribution in [0.2, 0.25) is 0 Å². The Morgan fingerprint density at radius 1 is 0.746 bits per heavy atom. The van der Waals surface area contributed by atoms with E-state index in [1.54, 1.807) is 12.2 Å². The van der Waals surface area contributed by atoms with E-state index in [2.05, 4.69) is 146 Å². The van der Waals surface area contributed by atoms with Gasteiger partial charge in [-0.25, -0.2) is 0 Å². The van der Waals surface area contributed by atoms with E-state index in [4.69, 9.17) is 15.6 Å². The lowest BCUT2D eigenvalue weighted by Crippen LogP contribution is -2.17. The third-order valence-corrected chi connectivity index (χ3v) is 10.1.